The normalized spacial score (nSPS) is 22.5. The number of nitrogens with zero attached hydrogens (tertiary/aromatic N) is 2. The molecule has 1 aromatic carbocycles. The van der Waals surface area contributed by atoms with Gasteiger partial charge in [0.05, 0.1) is 26.0 Å². The van der Waals surface area contributed by atoms with Gasteiger partial charge in [-0.05, 0) is 24.1 Å². The topological polar surface area (TPSA) is 82.7 Å². The molecule has 7 nitrogen and oxygen atoms in total. The van der Waals surface area contributed by atoms with Crippen LogP contribution >= 0.6 is 0 Å². The molecule has 0 amide bonds. The van der Waals surface area contributed by atoms with Gasteiger partial charge < -0.3 is 14.6 Å². The summed E-state index contributed by atoms with van der Waals surface area (Å²) in [6.45, 7) is 1.80. The molecule has 2 aromatic rings. The highest BCUT2D eigenvalue weighted by molar-refractivity contribution is 5.27. The number of aliphatic hydroxyl groups excluding tert-OH is 1. The fraction of sp³-hybridized carbons (Fsp3) is 0.444. The summed E-state index contributed by atoms with van der Waals surface area (Å²) in [5, 5.41) is 10.2. The first-order valence-electron chi connectivity index (χ1n) is 8.42. The number of hydrogen-bond donors (Lipinski definition) is 1. The molecule has 3 rings (SSSR count). The molecule has 3 atom stereocenters. The number of ether oxygens (including phenoxy) is 2. The molecule has 1 fully saturated rings. The Kier molecular flexibility index (Phi) is 5.24. The van der Waals surface area contributed by atoms with Gasteiger partial charge in [-0.1, -0.05) is 19.1 Å². The van der Waals surface area contributed by atoms with Crippen molar-refractivity contribution in [2.24, 2.45) is 0 Å². The zero-order valence-electron chi connectivity index (χ0n) is 14.6. The van der Waals surface area contributed by atoms with Crippen LogP contribution in [0.5, 0.6) is 5.75 Å². The van der Waals surface area contributed by atoms with Crippen molar-refractivity contribution in [1.82, 2.24) is 9.13 Å². The van der Waals surface area contributed by atoms with E-state index in [-0.39, 0.29) is 12.6 Å². The van der Waals surface area contributed by atoms with Crippen LogP contribution in [0.15, 0.2) is 40.1 Å². The second-order valence-corrected chi connectivity index (χ2v) is 6.27. The predicted octanol–water partition coefficient (Wildman–Crippen LogP) is 1.26. The maximum absolute atomic E-state index is 14.2. The lowest BCUT2D eigenvalue weighted by atomic mass is 10.1. The molecule has 0 aliphatic carbocycles. The molecule has 26 heavy (non-hydrogen) atoms. The van der Waals surface area contributed by atoms with Crippen molar-refractivity contribution in [2.75, 3.05) is 7.11 Å². The van der Waals surface area contributed by atoms with Crippen LogP contribution in [0.1, 0.15) is 31.6 Å². The van der Waals surface area contributed by atoms with Gasteiger partial charge in [0.2, 0.25) is 5.82 Å². The van der Waals surface area contributed by atoms with E-state index in [9.17, 15) is 19.1 Å². The molecule has 1 aliphatic rings. The summed E-state index contributed by atoms with van der Waals surface area (Å²) in [5.74, 6) is -0.445. The number of aliphatic hydroxyl groups is 1. The SMILES string of the molecule is CCC1CC(O)C(n2cc(F)c(=O)n(Cc3ccc(OC)cc3)c2=O)O1. The van der Waals surface area contributed by atoms with Crippen LogP contribution in [0.2, 0.25) is 0 Å². The molecular formula is C18H21FN2O5. The Morgan fingerprint density at radius 3 is 2.58 bits per heavy atom. The van der Waals surface area contributed by atoms with Crippen molar-refractivity contribution in [3.8, 4) is 5.75 Å². The first-order valence-corrected chi connectivity index (χ1v) is 8.42. The van der Waals surface area contributed by atoms with E-state index in [1.807, 2.05) is 6.92 Å². The molecular weight excluding hydrogens is 343 g/mol. The molecule has 3 unspecified atom stereocenters. The van der Waals surface area contributed by atoms with Gasteiger partial charge in [-0.3, -0.25) is 13.9 Å². The summed E-state index contributed by atoms with van der Waals surface area (Å²) in [4.78, 5) is 24.9. The van der Waals surface area contributed by atoms with Crippen molar-refractivity contribution in [3.05, 3.63) is 62.7 Å². The summed E-state index contributed by atoms with van der Waals surface area (Å²) in [6.07, 6.45) is -0.342. The molecule has 1 aromatic heterocycles. The zero-order valence-corrected chi connectivity index (χ0v) is 14.6. The minimum absolute atomic E-state index is 0.0978. The summed E-state index contributed by atoms with van der Waals surface area (Å²) >= 11 is 0. The van der Waals surface area contributed by atoms with E-state index in [4.69, 9.17) is 9.47 Å². The molecule has 0 saturated carbocycles. The van der Waals surface area contributed by atoms with E-state index in [2.05, 4.69) is 0 Å². The zero-order chi connectivity index (χ0) is 18.8. The van der Waals surface area contributed by atoms with Crippen molar-refractivity contribution in [1.29, 1.82) is 0 Å². The molecule has 0 spiro atoms. The first-order chi connectivity index (χ1) is 12.4. The number of benzene rings is 1. The quantitative estimate of drug-likeness (QED) is 0.864. The number of aromatic nitrogens is 2. The maximum atomic E-state index is 14.2. The van der Waals surface area contributed by atoms with Crippen LogP contribution in [0.4, 0.5) is 4.39 Å². The molecule has 8 heteroatoms. The average Bonchev–Trinajstić information content (AvgIpc) is 3.03. The first kappa shape index (κ1) is 18.3. The number of halogens is 1. The Bertz CT molecular complexity index is 890. The lowest BCUT2D eigenvalue weighted by Crippen LogP contribution is -2.44. The predicted molar refractivity (Wildman–Crippen MR) is 91.8 cm³/mol. The molecule has 0 bridgehead atoms. The van der Waals surface area contributed by atoms with Crippen LogP contribution < -0.4 is 16.0 Å². The monoisotopic (exact) mass is 364 g/mol. The van der Waals surface area contributed by atoms with Crippen LogP contribution in [0.25, 0.3) is 0 Å². The van der Waals surface area contributed by atoms with Gasteiger partial charge in [0, 0.05) is 6.42 Å². The summed E-state index contributed by atoms with van der Waals surface area (Å²) < 4.78 is 26.6. The Hall–Kier alpha value is -2.45. The summed E-state index contributed by atoms with van der Waals surface area (Å²) in [5.41, 5.74) is -1.10. The van der Waals surface area contributed by atoms with Gasteiger partial charge in [0.25, 0.3) is 5.56 Å². The van der Waals surface area contributed by atoms with Crippen molar-refractivity contribution in [3.63, 3.8) is 0 Å². The van der Waals surface area contributed by atoms with Gasteiger partial charge in [0.15, 0.2) is 6.23 Å². The number of rotatable bonds is 5. The largest absolute Gasteiger partial charge is 0.497 e. The standard InChI is InChI=1S/C18H21FN2O5/c1-3-12-8-15(22)17(26-12)21-10-14(19)16(23)20(18(21)24)9-11-4-6-13(25-2)7-5-11/h4-7,10,12,15,17,22H,3,8-9H2,1-2H3. The Morgan fingerprint density at radius 2 is 2.00 bits per heavy atom. The van der Waals surface area contributed by atoms with Crippen LogP contribution in [0.3, 0.4) is 0 Å². The highest BCUT2D eigenvalue weighted by atomic mass is 19.1. The molecule has 2 heterocycles. The fourth-order valence-corrected chi connectivity index (χ4v) is 3.07. The number of methoxy groups -OCH3 is 1. The molecule has 1 N–H and O–H groups in total. The van der Waals surface area contributed by atoms with Gasteiger partial charge in [0.1, 0.15) is 11.9 Å². The summed E-state index contributed by atoms with van der Waals surface area (Å²) in [6, 6.07) is 6.75. The Balaban J connectivity index is 1.99. The fourth-order valence-electron chi connectivity index (χ4n) is 3.07. The van der Waals surface area contributed by atoms with E-state index in [0.717, 1.165) is 15.3 Å². The Morgan fingerprint density at radius 1 is 1.31 bits per heavy atom. The van der Waals surface area contributed by atoms with E-state index in [0.29, 0.717) is 24.2 Å². The van der Waals surface area contributed by atoms with E-state index in [1.54, 1.807) is 24.3 Å². The molecule has 0 radical (unpaired) electrons. The highest BCUT2D eigenvalue weighted by Crippen LogP contribution is 2.29. The van der Waals surface area contributed by atoms with Crippen LogP contribution in [0, 0.1) is 5.82 Å². The lowest BCUT2D eigenvalue weighted by molar-refractivity contribution is -0.0417. The average molecular weight is 364 g/mol. The third kappa shape index (κ3) is 3.42. The minimum atomic E-state index is -1.08. The van der Waals surface area contributed by atoms with Gasteiger partial charge in [-0.2, -0.15) is 4.39 Å². The number of hydrogen-bond acceptors (Lipinski definition) is 5. The van der Waals surface area contributed by atoms with E-state index in [1.165, 1.54) is 7.11 Å². The van der Waals surface area contributed by atoms with Gasteiger partial charge >= 0.3 is 5.69 Å². The van der Waals surface area contributed by atoms with Crippen LogP contribution in [-0.4, -0.2) is 33.6 Å². The third-order valence-corrected chi connectivity index (χ3v) is 4.55. The van der Waals surface area contributed by atoms with Crippen LogP contribution in [-0.2, 0) is 11.3 Å². The highest BCUT2D eigenvalue weighted by Gasteiger charge is 2.35. The molecule has 140 valence electrons. The van der Waals surface area contributed by atoms with Crippen molar-refractivity contribution >= 4 is 0 Å². The third-order valence-electron chi connectivity index (χ3n) is 4.55. The van der Waals surface area contributed by atoms with E-state index < -0.39 is 29.4 Å². The van der Waals surface area contributed by atoms with E-state index >= 15 is 0 Å². The molecule has 1 aliphatic heterocycles. The van der Waals surface area contributed by atoms with Gasteiger partial charge in [-0.25, -0.2) is 4.79 Å². The second-order valence-electron chi connectivity index (χ2n) is 6.27. The second kappa shape index (κ2) is 7.43. The van der Waals surface area contributed by atoms with Crippen molar-refractivity contribution < 1.29 is 19.0 Å². The molecule has 1 saturated heterocycles. The maximum Gasteiger partial charge on any atom is 0.333 e. The summed E-state index contributed by atoms with van der Waals surface area (Å²) in [7, 11) is 1.53. The minimum Gasteiger partial charge on any atom is -0.497 e. The van der Waals surface area contributed by atoms with Crippen molar-refractivity contribution in [2.45, 2.75) is 44.7 Å². The van der Waals surface area contributed by atoms with Gasteiger partial charge in [-0.15, -0.1) is 0 Å². The smallest absolute Gasteiger partial charge is 0.333 e. The lowest BCUT2D eigenvalue weighted by Gasteiger charge is -2.19. The Labute approximate surface area is 149 Å².